The predicted molar refractivity (Wildman–Crippen MR) is 93.6 cm³/mol. The molecule has 0 radical (unpaired) electrons. The van der Waals surface area contributed by atoms with Gasteiger partial charge in [-0.1, -0.05) is 0 Å². The van der Waals surface area contributed by atoms with Gasteiger partial charge in [0.1, 0.15) is 11.6 Å². The number of benzene rings is 1. The van der Waals surface area contributed by atoms with Crippen LogP contribution >= 0.6 is 0 Å². The van der Waals surface area contributed by atoms with Crippen molar-refractivity contribution in [2.24, 2.45) is 0 Å². The molecule has 0 bridgehead atoms. The summed E-state index contributed by atoms with van der Waals surface area (Å²) in [7, 11) is 0. The Morgan fingerprint density at radius 2 is 2.19 bits per heavy atom. The molecular weight excluding hydrogens is 356 g/mol. The van der Waals surface area contributed by atoms with E-state index >= 15 is 0 Å². The minimum absolute atomic E-state index is 0.121. The fourth-order valence-corrected chi connectivity index (χ4v) is 2.99. The van der Waals surface area contributed by atoms with Crippen molar-refractivity contribution >= 4 is 11.8 Å². The molecule has 3 rings (SSSR count). The number of rotatable bonds is 8. The number of oxazole rings is 1. The second kappa shape index (κ2) is 8.75. The molecule has 0 spiro atoms. The number of nitrogens with zero attached hydrogens (tertiary/aromatic N) is 2. The highest BCUT2D eigenvalue weighted by Crippen LogP contribution is 2.24. The molecule has 1 aliphatic rings. The van der Waals surface area contributed by atoms with Gasteiger partial charge in [0.25, 0.3) is 0 Å². The topological polar surface area (TPSA) is 75.4 Å². The molecule has 27 heavy (non-hydrogen) atoms. The third-order valence-corrected chi connectivity index (χ3v) is 4.41. The average molecular weight is 377 g/mol. The summed E-state index contributed by atoms with van der Waals surface area (Å²) in [4.78, 5) is 29.2. The van der Waals surface area contributed by atoms with Crippen molar-refractivity contribution in [3.63, 3.8) is 0 Å². The molecule has 1 N–H and O–H groups in total. The van der Waals surface area contributed by atoms with Crippen LogP contribution in [0.2, 0.25) is 0 Å². The zero-order valence-corrected chi connectivity index (χ0v) is 14.8. The van der Waals surface area contributed by atoms with Crippen LogP contribution in [0.4, 0.5) is 8.78 Å². The van der Waals surface area contributed by atoms with Crippen LogP contribution in [0.5, 0.6) is 0 Å². The standard InChI is InChI=1S/C19H21F2N3O3/c20-13-4-5-14(15(21)11-13)16-12-23-18(27-16)7-6-17(25)22-8-2-10-24-9-1-3-19(24)26/h4-5,11-12H,1-3,6-10H2,(H,22,25). The summed E-state index contributed by atoms with van der Waals surface area (Å²) in [5.74, 6) is -0.854. The maximum Gasteiger partial charge on any atom is 0.222 e. The summed E-state index contributed by atoms with van der Waals surface area (Å²) in [6, 6.07) is 3.21. The van der Waals surface area contributed by atoms with Crippen molar-refractivity contribution in [1.82, 2.24) is 15.2 Å². The minimum atomic E-state index is -0.730. The molecule has 1 aliphatic heterocycles. The van der Waals surface area contributed by atoms with E-state index in [2.05, 4.69) is 10.3 Å². The Hall–Kier alpha value is -2.77. The summed E-state index contributed by atoms with van der Waals surface area (Å²) in [5, 5.41) is 2.80. The van der Waals surface area contributed by atoms with Gasteiger partial charge in [-0.15, -0.1) is 0 Å². The summed E-state index contributed by atoms with van der Waals surface area (Å²) >= 11 is 0. The summed E-state index contributed by atoms with van der Waals surface area (Å²) in [6.45, 7) is 1.96. The summed E-state index contributed by atoms with van der Waals surface area (Å²) < 4.78 is 32.2. The van der Waals surface area contributed by atoms with Crippen molar-refractivity contribution in [2.45, 2.75) is 32.1 Å². The molecule has 2 amide bonds. The fourth-order valence-electron chi connectivity index (χ4n) is 2.99. The Morgan fingerprint density at radius 1 is 1.33 bits per heavy atom. The molecule has 6 nitrogen and oxygen atoms in total. The Morgan fingerprint density at radius 3 is 2.93 bits per heavy atom. The molecule has 144 valence electrons. The lowest BCUT2D eigenvalue weighted by Gasteiger charge is -2.15. The van der Waals surface area contributed by atoms with Crippen LogP contribution < -0.4 is 5.32 Å². The molecule has 2 heterocycles. The third kappa shape index (κ3) is 5.12. The fraction of sp³-hybridized carbons (Fsp3) is 0.421. The molecule has 0 atom stereocenters. The average Bonchev–Trinajstić information content (AvgIpc) is 3.26. The van der Waals surface area contributed by atoms with Gasteiger partial charge in [0.15, 0.2) is 11.7 Å². The zero-order chi connectivity index (χ0) is 19.2. The number of amides is 2. The number of aryl methyl sites for hydroxylation is 1. The lowest BCUT2D eigenvalue weighted by Crippen LogP contribution is -2.30. The smallest absolute Gasteiger partial charge is 0.222 e. The van der Waals surface area contributed by atoms with Crippen LogP contribution in [0.25, 0.3) is 11.3 Å². The van der Waals surface area contributed by atoms with Gasteiger partial charge in [-0.3, -0.25) is 9.59 Å². The van der Waals surface area contributed by atoms with E-state index in [1.807, 2.05) is 4.90 Å². The van der Waals surface area contributed by atoms with Gasteiger partial charge in [-0.25, -0.2) is 13.8 Å². The van der Waals surface area contributed by atoms with Crippen LogP contribution in [0.1, 0.15) is 31.6 Å². The molecule has 0 unspecified atom stereocenters. The first kappa shape index (κ1) is 19.0. The maximum atomic E-state index is 13.8. The molecule has 1 aromatic heterocycles. The van der Waals surface area contributed by atoms with Crippen molar-refractivity contribution in [3.8, 4) is 11.3 Å². The van der Waals surface area contributed by atoms with Crippen molar-refractivity contribution in [2.75, 3.05) is 19.6 Å². The summed E-state index contributed by atoms with van der Waals surface area (Å²) in [6.07, 6.45) is 4.06. The monoisotopic (exact) mass is 377 g/mol. The van der Waals surface area contributed by atoms with E-state index in [4.69, 9.17) is 4.42 Å². The molecule has 0 saturated carbocycles. The largest absolute Gasteiger partial charge is 0.441 e. The van der Waals surface area contributed by atoms with Gasteiger partial charge in [0, 0.05) is 45.0 Å². The molecule has 1 fully saturated rings. The van der Waals surface area contributed by atoms with E-state index in [1.54, 1.807) is 0 Å². The lowest BCUT2D eigenvalue weighted by molar-refractivity contribution is -0.127. The highest BCUT2D eigenvalue weighted by molar-refractivity contribution is 5.78. The lowest BCUT2D eigenvalue weighted by atomic mass is 10.2. The number of nitrogens with one attached hydrogen (secondary N) is 1. The number of carbonyl (C=O) groups excluding carboxylic acids is 2. The summed E-state index contributed by atoms with van der Waals surface area (Å²) in [5.41, 5.74) is 0.121. The molecular formula is C19H21F2N3O3. The first-order valence-electron chi connectivity index (χ1n) is 8.97. The molecule has 0 aliphatic carbocycles. The Balaban J connectivity index is 1.40. The van der Waals surface area contributed by atoms with E-state index in [0.29, 0.717) is 31.8 Å². The van der Waals surface area contributed by atoms with Crippen LogP contribution in [0, 0.1) is 11.6 Å². The number of aromatic nitrogens is 1. The second-order valence-electron chi connectivity index (χ2n) is 6.43. The van der Waals surface area contributed by atoms with Gasteiger partial charge < -0.3 is 14.6 Å². The van der Waals surface area contributed by atoms with Crippen molar-refractivity contribution in [1.29, 1.82) is 0 Å². The highest BCUT2D eigenvalue weighted by atomic mass is 19.1. The molecule has 1 saturated heterocycles. The number of hydrogen-bond acceptors (Lipinski definition) is 4. The molecule has 8 heteroatoms. The van der Waals surface area contributed by atoms with E-state index in [-0.39, 0.29) is 36.0 Å². The van der Waals surface area contributed by atoms with Crippen LogP contribution in [0.3, 0.4) is 0 Å². The van der Waals surface area contributed by atoms with Gasteiger partial charge in [-0.2, -0.15) is 0 Å². The Labute approximate surface area is 155 Å². The number of carbonyl (C=O) groups is 2. The normalized spacial score (nSPS) is 14.0. The van der Waals surface area contributed by atoms with Gasteiger partial charge >= 0.3 is 0 Å². The van der Waals surface area contributed by atoms with E-state index in [1.165, 1.54) is 12.3 Å². The number of hydrogen-bond donors (Lipinski definition) is 1. The third-order valence-electron chi connectivity index (χ3n) is 4.41. The Bertz CT molecular complexity index is 822. The SMILES string of the molecule is O=C(CCc1ncc(-c2ccc(F)cc2F)o1)NCCCN1CCCC1=O. The number of likely N-dealkylation sites (tertiary alicyclic amines) is 1. The quantitative estimate of drug-likeness (QED) is 0.718. The van der Waals surface area contributed by atoms with Crippen molar-refractivity contribution in [3.05, 3.63) is 41.9 Å². The highest BCUT2D eigenvalue weighted by Gasteiger charge is 2.19. The van der Waals surface area contributed by atoms with Crippen LogP contribution in [-0.4, -0.2) is 41.3 Å². The molecule has 1 aromatic carbocycles. The van der Waals surface area contributed by atoms with E-state index < -0.39 is 11.6 Å². The van der Waals surface area contributed by atoms with Crippen LogP contribution in [0.15, 0.2) is 28.8 Å². The van der Waals surface area contributed by atoms with E-state index in [0.717, 1.165) is 25.1 Å². The predicted octanol–water partition coefficient (Wildman–Crippen LogP) is 2.68. The van der Waals surface area contributed by atoms with Crippen LogP contribution in [-0.2, 0) is 16.0 Å². The van der Waals surface area contributed by atoms with Crippen molar-refractivity contribution < 1.29 is 22.8 Å². The first-order valence-corrected chi connectivity index (χ1v) is 8.97. The number of halogens is 2. The van der Waals surface area contributed by atoms with E-state index in [9.17, 15) is 18.4 Å². The maximum absolute atomic E-state index is 13.8. The van der Waals surface area contributed by atoms with Gasteiger partial charge in [-0.05, 0) is 25.0 Å². The molecule has 2 aromatic rings. The zero-order valence-electron chi connectivity index (χ0n) is 14.8. The minimum Gasteiger partial charge on any atom is -0.441 e. The second-order valence-corrected chi connectivity index (χ2v) is 6.43. The Kier molecular flexibility index (Phi) is 6.16. The first-order chi connectivity index (χ1) is 13.0. The van der Waals surface area contributed by atoms with Gasteiger partial charge in [0.2, 0.25) is 11.8 Å². The van der Waals surface area contributed by atoms with Gasteiger partial charge in [0.05, 0.1) is 11.8 Å².